The predicted octanol–water partition coefficient (Wildman–Crippen LogP) is 3.61. The van der Waals surface area contributed by atoms with Crippen molar-refractivity contribution in [1.82, 2.24) is 9.97 Å². The van der Waals surface area contributed by atoms with Gasteiger partial charge in [0.1, 0.15) is 5.01 Å². The van der Waals surface area contributed by atoms with Crippen LogP contribution in [0.1, 0.15) is 18.9 Å². The summed E-state index contributed by atoms with van der Waals surface area (Å²) in [5, 5.41) is 16.4. The maximum absolute atomic E-state index is 7.93. The molecular formula is C17H17N3O3S. The molecule has 7 heteroatoms. The van der Waals surface area contributed by atoms with Crippen LogP contribution in [0, 0.1) is 5.41 Å². The maximum atomic E-state index is 7.93. The van der Waals surface area contributed by atoms with Crippen molar-refractivity contribution in [2.24, 2.45) is 0 Å². The van der Waals surface area contributed by atoms with Crippen LogP contribution in [0.3, 0.4) is 0 Å². The average molecular weight is 343 g/mol. The Bertz CT molecular complexity index is 827. The first-order valence-corrected chi connectivity index (χ1v) is 8.36. The van der Waals surface area contributed by atoms with Gasteiger partial charge in [-0.3, -0.25) is 4.98 Å². The lowest BCUT2D eigenvalue weighted by molar-refractivity contribution is 0.246. The molecule has 3 aromatic heterocycles. The van der Waals surface area contributed by atoms with E-state index in [4.69, 9.17) is 19.7 Å². The fourth-order valence-electron chi connectivity index (χ4n) is 2.20. The number of nitrogens with one attached hydrogen (secondary N) is 1. The van der Waals surface area contributed by atoms with Crippen molar-refractivity contribution in [1.29, 1.82) is 5.41 Å². The highest BCUT2D eigenvalue weighted by Gasteiger charge is 2.22. The van der Waals surface area contributed by atoms with E-state index in [1.165, 1.54) is 11.3 Å². The average Bonchev–Trinajstić information content (AvgIpc) is 3.24. The number of nitrogens with zero attached hydrogens (tertiary/aromatic N) is 2. The zero-order valence-corrected chi connectivity index (χ0v) is 14.0. The number of hydrogen-bond acceptors (Lipinski definition) is 7. The van der Waals surface area contributed by atoms with Crippen molar-refractivity contribution in [3.63, 3.8) is 0 Å². The van der Waals surface area contributed by atoms with E-state index in [0.717, 1.165) is 21.0 Å². The van der Waals surface area contributed by atoms with E-state index in [2.05, 4.69) is 9.97 Å². The van der Waals surface area contributed by atoms with Crippen LogP contribution in [-0.4, -0.2) is 34.0 Å². The van der Waals surface area contributed by atoms with Gasteiger partial charge in [-0.05, 0) is 25.1 Å². The van der Waals surface area contributed by atoms with E-state index in [1.807, 2.05) is 18.2 Å². The van der Waals surface area contributed by atoms with Crippen molar-refractivity contribution < 1.29 is 14.3 Å². The van der Waals surface area contributed by atoms with Gasteiger partial charge in [-0.1, -0.05) is 0 Å². The summed E-state index contributed by atoms with van der Waals surface area (Å²) in [4.78, 5) is 9.43. The SMILES string of the molecule is CCO.N=C1CCOc2oc(-c3cnc(-c4cccnc4)s3)cc21. The molecule has 0 unspecified atom stereocenters. The molecule has 1 aliphatic rings. The van der Waals surface area contributed by atoms with E-state index in [-0.39, 0.29) is 6.61 Å². The first kappa shape index (κ1) is 16.4. The smallest absolute Gasteiger partial charge is 0.294 e. The standard InChI is InChI=1S/C15H11N3O2S.C2H6O/c16-11-3-5-19-15-10(11)6-12(20-15)13-8-18-14(21-13)9-2-1-4-17-7-9;1-2-3/h1-2,4,6-8,16H,3,5H2;3H,2H2,1H3. The molecule has 3 aromatic rings. The van der Waals surface area contributed by atoms with Gasteiger partial charge < -0.3 is 19.7 Å². The van der Waals surface area contributed by atoms with Gasteiger partial charge in [-0.2, -0.15) is 0 Å². The summed E-state index contributed by atoms with van der Waals surface area (Å²) >= 11 is 1.53. The second kappa shape index (κ2) is 7.37. The molecule has 4 rings (SSSR count). The Morgan fingerprint density at radius 2 is 2.21 bits per heavy atom. The van der Waals surface area contributed by atoms with E-state index in [0.29, 0.717) is 30.4 Å². The Labute approximate surface area is 143 Å². The van der Waals surface area contributed by atoms with Crippen LogP contribution in [0.15, 0.2) is 41.2 Å². The molecule has 0 saturated carbocycles. The molecule has 4 heterocycles. The molecule has 0 aliphatic carbocycles. The van der Waals surface area contributed by atoms with Gasteiger partial charge in [-0.25, -0.2) is 4.98 Å². The van der Waals surface area contributed by atoms with Crippen molar-refractivity contribution in [2.75, 3.05) is 13.2 Å². The fourth-order valence-corrected chi connectivity index (χ4v) is 3.06. The van der Waals surface area contributed by atoms with Gasteiger partial charge in [-0.15, -0.1) is 11.3 Å². The third-order valence-electron chi connectivity index (χ3n) is 3.27. The van der Waals surface area contributed by atoms with Crippen LogP contribution in [0.25, 0.3) is 21.2 Å². The summed E-state index contributed by atoms with van der Waals surface area (Å²) in [7, 11) is 0. The number of pyridine rings is 1. The zero-order chi connectivity index (χ0) is 16.9. The number of hydrogen-bond donors (Lipinski definition) is 2. The van der Waals surface area contributed by atoms with E-state index >= 15 is 0 Å². The highest BCUT2D eigenvalue weighted by Crippen LogP contribution is 2.38. The molecule has 6 nitrogen and oxygen atoms in total. The first-order chi connectivity index (χ1) is 11.7. The molecule has 0 fully saturated rings. The van der Waals surface area contributed by atoms with Crippen LogP contribution in [0.4, 0.5) is 0 Å². The number of furan rings is 1. The van der Waals surface area contributed by atoms with Crippen molar-refractivity contribution in [3.8, 4) is 27.2 Å². The van der Waals surface area contributed by atoms with Crippen LogP contribution in [0.5, 0.6) is 5.95 Å². The molecule has 0 radical (unpaired) electrons. The van der Waals surface area contributed by atoms with Gasteiger partial charge in [0.15, 0.2) is 5.76 Å². The van der Waals surface area contributed by atoms with Crippen molar-refractivity contribution in [3.05, 3.63) is 42.4 Å². The van der Waals surface area contributed by atoms with E-state index in [1.54, 1.807) is 25.5 Å². The van der Waals surface area contributed by atoms with Crippen LogP contribution < -0.4 is 4.74 Å². The summed E-state index contributed by atoms with van der Waals surface area (Å²) in [5.41, 5.74) is 2.28. The predicted molar refractivity (Wildman–Crippen MR) is 92.7 cm³/mol. The van der Waals surface area contributed by atoms with Gasteiger partial charge in [0.25, 0.3) is 5.95 Å². The minimum Gasteiger partial charge on any atom is -0.464 e. The Balaban J connectivity index is 0.000000526. The summed E-state index contributed by atoms with van der Waals surface area (Å²) in [6.07, 6.45) is 5.92. The Morgan fingerprint density at radius 1 is 1.38 bits per heavy atom. The molecule has 1 aliphatic heterocycles. The number of rotatable bonds is 2. The molecule has 0 saturated heterocycles. The molecular weight excluding hydrogens is 326 g/mol. The number of aliphatic hydroxyl groups is 1. The highest BCUT2D eigenvalue weighted by atomic mass is 32.1. The van der Waals surface area contributed by atoms with E-state index in [9.17, 15) is 0 Å². The lowest BCUT2D eigenvalue weighted by Gasteiger charge is -2.11. The van der Waals surface area contributed by atoms with Crippen LogP contribution >= 0.6 is 11.3 Å². The topological polar surface area (TPSA) is 92.2 Å². The van der Waals surface area contributed by atoms with Gasteiger partial charge in [0.05, 0.1) is 17.0 Å². The van der Waals surface area contributed by atoms with E-state index < -0.39 is 0 Å². The lowest BCUT2D eigenvalue weighted by atomic mass is 10.1. The quantitative estimate of drug-likeness (QED) is 0.741. The second-order valence-electron chi connectivity index (χ2n) is 4.98. The minimum atomic E-state index is 0.250. The van der Waals surface area contributed by atoms with Gasteiger partial charge >= 0.3 is 0 Å². The second-order valence-corrected chi connectivity index (χ2v) is 6.01. The largest absolute Gasteiger partial charge is 0.464 e. The number of aromatic nitrogens is 2. The normalized spacial score (nSPS) is 12.8. The Kier molecular flexibility index (Phi) is 5.02. The fraction of sp³-hybridized carbons (Fsp3) is 0.235. The summed E-state index contributed by atoms with van der Waals surface area (Å²) in [6, 6.07) is 5.72. The summed E-state index contributed by atoms with van der Waals surface area (Å²) < 4.78 is 11.2. The monoisotopic (exact) mass is 343 g/mol. The van der Waals surface area contributed by atoms with Gasteiger partial charge in [0.2, 0.25) is 0 Å². The first-order valence-electron chi connectivity index (χ1n) is 7.54. The minimum absolute atomic E-state index is 0.250. The lowest BCUT2D eigenvalue weighted by Crippen LogP contribution is -2.13. The number of ether oxygens (including phenoxy) is 1. The van der Waals surface area contributed by atoms with Crippen LogP contribution in [-0.2, 0) is 0 Å². The zero-order valence-electron chi connectivity index (χ0n) is 13.2. The number of thiazole rings is 1. The number of aliphatic hydroxyl groups excluding tert-OH is 1. The summed E-state index contributed by atoms with van der Waals surface area (Å²) in [6.45, 7) is 2.43. The van der Waals surface area contributed by atoms with Crippen molar-refractivity contribution >= 4 is 17.0 Å². The molecule has 2 N–H and O–H groups in total. The molecule has 24 heavy (non-hydrogen) atoms. The third-order valence-corrected chi connectivity index (χ3v) is 4.33. The third kappa shape index (κ3) is 3.37. The maximum Gasteiger partial charge on any atom is 0.294 e. The summed E-state index contributed by atoms with van der Waals surface area (Å²) in [5.74, 6) is 1.14. The van der Waals surface area contributed by atoms with Crippen LogP contribution in [0.2, 0.25) is 0 Å². The molecule has 0 amide bonds. The highest BCUT2D eigenvalue weighted by molar-refractivity contribution is 7.18. The van der Waals surface area contributed by atoms with Gasteiger partial charge in [0, 0.05) is 42.9 Å². The molecule has 0 atom stereocenters. The Morgan fingerprint density at radius 3 is 2.92 bits per heavy atom. The molecule has 0 spiro atoms. The number of fused-ring (bicyclic) bond motifs is 1. The molecule has 0 aromatic carbocycles. The molecule has 124 valence electrons. The molecule has 0 bridgehead atoms. The Hall–Kier alpha value is -2.51. The van der Waals surface area contributed by atoms with Crippen molar-refractivity contribution in [2.45, 2.75) is 13.3 Å².